The number of nitrogens with zero attached hydrogens (tertiary/aromatic N) is 2. The minimum absolute atomic E-state index is 0.133. The van der Waals surface area contributed by atoms with Crippen LogP contribution in [0.15, 0.2) is 58.8 Å². The van der Waals surface area contributed by atoms with E-state index in [9.17, 15) is 4.79 Å². The fraction of sp³-hybridized carbons (Fsp3) is 0.158. The van der Waals surface area contributed by atoms with Crippen molar-refractivity contribution in [1.29, 1.82) is 0 Å². The van der Waals surface area contributed by atoms with Crippen molar-refractivity contribution in [2.45, 2.75) is 6.42 Å². The summed E-state index contributed by atoms with van der Waals surface area (Å²) in [5.74, 6) is 0. The summed E-state index contributed by atoms with van der Waals surface area (Å²) in [5.41, 5.74) is 4.71. The molecule has 0 amide bonds. The monoisotopic (exact) mass is 351 g/mol. The molecule has 0 spiro atoms. The molecule has 5 nitrogen and oxygen atoms in total. The molecule has 1 N–H and O–H groups in total. The molecule has 0 saturated carbocycles. The molecule has 3 aromatic heterocycles. The maximum atomic E-state index is 12.3. The van der Waals surface area contributed by atoms with Crippen LogP contribution in [0.2, 0.25) is 0 Å². The van der Waals surface area contributed by atoms with Crippen LogP contribution < -0.4 is 5.56 Å². The van der Waals surface area contributed by atoms with Crippen LogP contribution in [-0.4, -0.2) is 28.3 Å². The Morgan fingerprint density at radius 3 is 2.84 bits per heavy atom. The predicted molar refractivity (Wildman–Crippen MR) is 100 cm³/mol. The van der Waals surface area contributed by atoms with Crippen molar-refractivity contribution < 1.29 is 4.74 Å². The number of methoxy groups -OCH3 is 1. The highest BCUT2D eigenvalue weighted by Crippen LogP contribution is 2.33. The lowest BCUT2D eigenvalue weighted by Crippen LogP contribution is -2.16. The summed E-state index contributed by atoms with van der Waals surface area (Å²) >= 11 is 1.65. The molecule has 0 saturated heterocycles. The highest BCUT2D eigenvalue weighted by atomic mass is 32.1. The van der Waals surface area contributed by atoms with Gasteiger partial charge >= 0.3 is 0 Å². The molecule has 6 heteroatoms. The molecule has 0 atom stereocenters. The molecule has 0 fully saturated rings. The average Bonchev–Trinajstić information content (AvgIpc) is 3.27. The number of aromatic nitrogens is 3. The number of hydrogen-bond acceptors (Lipinski definition) is 4. The highest BCUT2D eigenvalue weighted by molar-refractivity contribution is 7.14. The Bertz CT molecular complexity index is 1060. The molecule has 0 aliphatic carbocycles. The van der Waals surface area contributed by atoms with E-state index in [1.165, 1.54) is 10.1 Å². The molecule has 1 aromatic carbocycles. The van der Waals surface area contributed by atoms with Gasteiger partial charge in [-0.2, -0.15) is 9.61 Å². The van der Waals surface area contributed by atoms with Gasteiger partial charge in [-0.15, -0.1) is 11.3 Å². The first-order valence-corrected chi connectivity index (χ1v) is 8.87. The zero-order valence-corrected chi connectivity index (χ0v) is 14.5. The van der Waals surface area contributed by atoms with Gasteiger partial charge in [0.25, 0.3) is 5.56 Å². The number of rotatable bonds is 5. The summed E-state index contributed by atoms with van der Waals surface area (Å²) in [6.07, 6.45) is 2.40. The second-order valence-electron chi connectivity index (χ2n) is 5.76. The molecule has 3 heterocycles. The van der Waals surface area contributed by atoms with Crippen molar-refractivity contribution in [3.05, 3.63) is 70.1 Å². The number of H-pyrrole nitrogens is 1. The van der Waals surface area contributed by atoms with Crippen LogP contribution in [-0.2, 0) is 11.2 Å². The Hall–Kier alpha value is -2.70. The highest BCUT2D eigenvalue weighted by Gasteiger charge is 2.13. The quantitative estimate of drug-likeness (QED) is 0.597. The fourth-order valence-electron chi connectivity index (χ4n) is 2.82. The van der Waals surface area contributed by atoms with E-state index in [4.69, 9.17) is 4.74 Å². The number of ether oxygens (including phenoxy) is 1. The van der Waals surface area contributed by atoms with Crippen LogP contribution in [0.5, 0.6) is 0 Å². The standard InChI is InChI=1S/C19H17N3O2S/c1-24-8-7-15-10-18(23)22-19(21-15)16(11-20-22)17-9-14(12-25-17)13-5-3-2-4-6-13/h2-6,9-12,21H,7-8H2,1H3. The molecule has 0 radical (unpaired) electrons. The van der Waals surface area contributed by atoms with Gasteiger partial charge in [-0.1, -0.05) is 30.3 Å². The van der Waals surface area contributed by atoms with Gasteiger partial charge < -0.3 is 9.72 Å². The molecule has 126 valence electrons. The maximum Gasteiger partial charge on any atom is 0.274 e. The third-order valence-corrected chi connectivity index (χ3v) is 5.07. The largest absolute Gasteiger partial charge is 0.384 e. The summed E-state index contributed by atoms with van der Waals surface area (Å²) in [6, 6.07) is 14.0. The van der Waals surface area contributed by atoms with Gasteiger partial charge in [0, 0.05) is 30.2 Å². The topological polar surface area (TPSA) is 59.4 Å². The molecule has 4 rings (SSSR count). The van der Waals surface area contributed by atoms with Gasteiger partial charge in [-0.25, -0.2) is 0 Å². The molecule has 4 aromatic rings. The molecule has 0 unspecified atom stereocenters. The van der Waals surface area contributed by atoms with Crippen LogP contribution in [0.3, 0.4) is 0 Å². The number of aromatic amines is 1. The van der Waals surface area contributed by atoms with E-state index in [0.717, 1.165) is 27.3 Å². The third kappa shape index (κ3) is 3.01. The van der Waals surface area contributed by atoms with E-state index >= 15 is 0 Å². The normalized spacial score (nSPS) is 11.2. The molecule has 0 aliphatic rings. The molecular weight excluding hydrogens is 334 g/mol. The van der Waals surface area contributed by atoms with Gasteiger partial charge in [0.2, 0.25) is 0 Å². The molecular formula is C19H17N3O2S. The second-order valence-corrected chi connectivity index (χ2v) is 6.67. The minimum Gasteiger partial charge on any atom is -0.384 e. The second kappa shape index (κ2) is 6.66. The smallest absolute Gasteiger partial charge is 0.274 e. The van der Waals surface area contributed by atoms with Gasteiger partial charge in [-0.05, 0) is 22.6 Å². The lowest BCUT2D eigenvalue weighted by molar-refractivity contribution is 0.201. The minimum atomic E-state index is -0.133. The lowest BCUT2D eigenvalue weighted by Gasteiger charge is -2.03. The van der Waals surface area contributed by atoms with Gasteiger partial charge in [0.15, 0.2) is 0 Å². The Kier molecular flexibility index (Phi) is 4.21. The summed E-state index contributed by atoms with van der Waals surface area (Å²) in [7, 11) is 1.65. The van der Waals surface area contributed by atoms with Gasteiger partial charge in [0.05, 0.1) is 18.4 Å². The van der Waals surface area contributed by atoms with Crippen LogP contribution in [0.1, 0.15) is 5.69 Å². The van der Waals surface area contributed by atoms with Gasteiger partial charge in [-0.3, -0.25) is 4.79 Å². The van der Waals surface area contributed by atoms with Crippen molar-refractivity contribution in [3.63, 3.8) is 0 Å². The SMILES string of the molecule is COCCc1cc(=O)n2ncc(-c3cc(-c4ccccc4)cs3)c2[nH]1. The summed E-state index contributed by atoms with van der Waals surface area (Å²) in [6.45, 7) is 0.562. The average molecular weight is 351 g/mol. The Morgan fingerprint density at radius 2 is 2.04 bits per heavy atom. The van der Waals surface area contributed by atoms with Crippen LogP contribution in [0, 0.1) is 0 Å². The van der Waals surface area contributed by atoms with Gasteiger partial charge in [0.1, 0.15) is 5.65 Å². The molecule has 25 heavy (non-hydrogen) atoms. The predicted octanol–water partition coefficient (Wildman–Crippen LogP) is 3.61. The zero-order chi connectivity index (χ0) is 17.2. The first-order valence-electron chi connectivity index (χ1n) is 7.99. The van der Waals surface area contributed by atoms with Crippen molar-refractivity contribution in [1.82, 2.24) is 14.6 Å². The van der Waals surface area contributed by atoms with E-state index in [0.29, 0.717) is 13.0 Å². The van der Waals surface area contributed by atoms with E-state index in [1.54, 1.807) is 30.7 Å². The zero-order valence-electron chi connectivity index (χ0n) is 13.7. The number of nitrogens with one attached hydrogen (secondary N) is 1. The third-order valence-electron chi connectivity index (χ3n) is 4.10. The number of hydrogen-bond donors (Lipinski definition) is 1. The van der Waals surface area contributed by atoms with E-state index in [1.807, 2.05) is 18.2 Å². The van der Waals surface area contributed by atoms with Crippen molar-refractivity contribution in [2.75, 3.05) is 13.7 Å². The maximum absolute atomic E-state index is 12.3. The molecule has 0 bridgehead atoms. The number of benzene rings is 1. The number of thiophene rings is 1. The lowest BCUT2D eigenvalue weighted by atomic mass is 10.1. The fourth-order valence-corrected chi connectivity index (χ4v) is 3.75. The Labute approximate surface area is 148 Å². The first-order chi connectivity index (χ1) is 12.3. The summed E-state index contributed by atoms with van der Waals surface area (Å²) < 4.78 is 6.51. The van der Waals surface area contributed by atoms with E-state index in [2.05, 4.69) is 33.7 Å². The summed E-state index contributed by atoms with van der Waals surface area (Å²) in [5, 5.41) is 6.37. The van der Waals surface area contributed by atoms with Crippen molar-refractivity contribution in [3.8, 4) is 21.6 Å². The Morgan fingerprint density at radius 1 is 1.20 bits per heavy atom. The van der Waals surface area contributed by atoms with E-state index in [-0.39, 0.29) is 5.56 Å². The first kappa shape index (κ1) is 15.8. The van der Waals surface area contributed by atoms with E-state index < -0.39 is 0 Å². The summed E-state index contributed by atoms with van der Waals surface area (Å²) in [4.78, 5) is 16.7. The van der Waals surface area contributed by atoms with Crippen molar-refractivity contribution >= 4 is 17.0 Å². The number of fused-ring (bicyclic) bond motifs is 1. The Balaban J connectivity index is 1.78. The van der Waals surface area contributed by atoms with Crippen LogP contribution in [0.25, 0.3) is 27.2 Å². The molecule has 0 aliphatic heterocycles. The van der Waals surface area contributed by atoms with Crippen LogP contribution in [0.4, 0.5) is 0 Å². The van der Waals surface area contributed by atoms with Crippen LogP contribution >= 0.6 is 11.3 Å². The van der Waals surface area contributed by atoms with Crippen molar-refractivity contribution in [2.24, 2.45) is 0 Å².